The Morgan fingerprint density at radius 2 is 1.85 bits per heavy atom. The third-order valence-electron chi connectivity index (χ3n) is 6.48. The van der Waals surface area contributed by atoms with Crippen molar-refractivity contribution in [1.29, 1.82) is 0 Å². The summed E-state index contributed by atoms with van der Waals surface area (Å²) in [5.74, 6) is 0.506. The number of H-pyrrole nitrogens is 1. The van der Waals surface area contributed by atoms with E-state index in [-0.39, 0.29) is 17.4 Å². The van der Waals surface area contributed by atoms with Crippen LogP contribution in [-0.4, -0.2) is 33.5 Å². The number of rotatable bonds is 4. The van der Waals surface area contributed by atoms with E-state index in [4.69, 9.17) is 4.98 Å². The van der Waals surface area contributed by atoms with Crippen LogP contribution in [0.2, 0.25) is 0 Å². The fraction of sp³-hybridized carbons (Fsp3) is 0.269. The Balaban J connectivity index is 1.34. The van der Waals surface area contributed by atoms with Crippen LogP contribution in [0.25, 0.3) is 22.2 Å². The number of nitrogens with one attached hydrogen (secondary N) is 2. The number of piperidine rings is 1. The van der Waals surface area contributed by atoms with Gasteiger partial charge < -0.3 is 19.8 Å². The average molecular weight is 442 g/mol. The Hall–Kier alpha value is -3.87. The van der Waals surface area contributed by atoms with Gasteiger partial charge in [0, 0.05) is 55.1 Å². The molecule has 7 nitrogen and oxygen atoms in total. The number of carbonyl (C=O) groups is 1. The van der Waals surface area contributed by atoms with Crippen LogP contribution in [-0.2, 0) is 11.8 Å². The highest BCUT2D eigenvalue weighted by molar-refractivity contribution is 5.95. The van der Waals surface area contributed by atoms with E-state index in [1.807, 2.05) is 43.3 Å². The monoisotopic (exact) mass is 441 g/mol. The first kappa shape index (κ1) is 21.0. The highest BCUT2D eigenvalue weighted by Gasteiger charge is 2.25. The van der Waals surface area contributed by atoms with E-state index in [0.29, 0.717) is 11.3 Å². The van der Waals surface area contributed by atoms with E-state index >= 15 is 0 Å². The number of pyridine rings is 2. The van der Waals surface area contributed by atoms with Gasteiger partial charge in [-0.05, 0) is 49.6 Å². The number of anilines is 2. The molecule has 1 aromatic carbocycles. The molecule has 4 heterocycles. The normalized spacial score (nSPS) is 14.5. The molecule has 1 saturated heterocycles. The van der Waals surface area contributed by atoms with Crippen LogP contribution in [0.15, 0.2) is 65.7 Å². The van der Waals surface area contributed by atoms with Gasteiger partial charge in [0.25, 0.3) is 5.56 Å². The molecule has 3 aromatic heterocycles. The van der Waals surface area contributed by atoms with Crippen LogP contribution in [0.1, 0.15) is 18.4 Å². The summed E-state index contributed by atoms with van der Waals surface area (Å²) in [6.45, 7) is 3.70. The molecule has 1 amide bonds. The van der Waals surface area contributed by atoms with Gasteiger partial charge in [-0.1, -0.05) is 24.3 Å². The van der Waals surface area contributed by atoms with E-state index in [0.717, 1.165) is 48.1 Å². The smallest absolute Gasteiger partial charge is 0.274 e. The molecule has 1 aliphatic heterocycles. The lowest BCUT2D eigenvalue weighted by Gasteiger charge is -2.33. The zero-order valence-electron chi connectivity index (χ0n) is 18.8. The van der Waals surface area contributed by atoms with Crippen LogP contribution < -0.4 is 15.8 Å². The molecule has 1 fully saturated rings. The predicted octanol–water partition coefficient (Wildman–Crippen LogP) is 4.09. The highest BCUT2D eigenvalue weighted by Crippen LogP contribution is 2.29. The molecule has 0 radical (unpaired) electrons. The molecule has 0 saturated carbocycles. The van der Waals surface area contributed by atoms with Crippen molar-refractivity contribution in [2.75, 3.05) is 23.3 Å². The maximum absolute atomic E-state index is 13.0. The zero-order valence-corrected chi connectivity index (χ0v) is 18.8. The summed E-state index contributed by atoms with van der Waals surface area (Å²) in [4.78, 5) is 35.5. The third kappa shape index (κ3) is 4.02. The first-order chi connectivity index (χ1) is 16.0. The summed E-state index contributed by atoms with van der Waals surface area (Å²) in [6, 6.07) is 16.0. The molecule has 4 aromatic rings. The molecule has 7 heteroatoms. The quantitative estimate of drug-likeness (QED) is 0.500. The van der Waals surface area contributed by atoms with Crippen molar-refractivity contribution in [3.05, 3.63) is 76.8 Å². The molecular weight excluding hydrogens is 414 g/mol. The fourth-order valence-electron chi connectivity index (χ4n) is 4.60. The van der Waals surface area contributed by atoms with Crippen molar-refractivity contribution >= 4 is 28.3 Å². The molecule has 0 atom stereocenters. The molecule has 1 aliphatic rings. The molecule has 5 rings (SSSR count). The van der Waals surface area contributed by atoms with Crippen LogP contribution >= 0.6 is 0 Å². The Kier molecular flexibility index (Phi) is 5.46. The Labute approximate surface area is 192 Å². The van der Waals surface area contributed by atoms with Gasteiger partial charge in [-0.3, -0.25) is 9.59 Å². The van der Waals surface area contributed by atoms with Crippen molar-refractivity contribution in [3.8, 4) is 11.3 Å². The second-order valence-electron chi connectivity index (χ2n) is 8.67. The highest BCUT2D eigenvalue weighted by atomic mass is 16.2. The zero-order chi connectivity index (χ0) is 22.9. The van der Waals surface area contributed by atoms with Gasteiger partial charge >= 0.3 is 0 Å². The van der Waals surface area contributed by atoms with E-state index < -0.39 is 0 Å². The maximum Gasteiger partial charge on any atom is 0.274 e. The number of carbonyl (C=O) groups excluding carboxylic acids is 1. The van der Waals surface area contributed by atoms with Crippen LogP contribution in [0.4, 0.5) is 11.5 Å². The number of aromatic amines is 1. The lowest BCUT2D eigenvalue weighted by atomic mass is 9.95. The Bertz CT molecular complexity index is 1360. The molecule has 168 valence electrons. The summed E-state index contributed by atoms with van der Waals surface area (Å²) < 4.78 is 1.56. The van der Waals surface area contributed by atoms with Gasteiger partial charge in [-0.25, -0.2) is 4.98 Å². The largest absolute Gasteiger partial charge is 0.371 e. The van der Waals surface area contributed by atoms with E-state index in [2.05, 4.69) is 27.3 Å². The van der Waals surface area contributed by atoms with Crippen molar-refractivity contribution in [2.24, 2.45) is 13.0 Å². The molecule has 0 aliphatic carbocycles. The first-order valence-corrected chi connectivity index (χ1v) is 11.3. The van der Waals surface area contributed by atoms with Gasteiger partial charge in [0.15, 0.2) is 0 Å². The van der Waals surface area contributed by atoms with E-state index in [1.54, 1.807) is 24.0 Å². The minimum absolute atomic E-state index is 0.0114. The van der Waals surface area contributed by atoms with Crippen molar-refractivity contribution in [2.45, 2.75) is 19.8 Å². The number of para-hydroxylation sites is 1. The van der Waals surface area contributed by atoms with Gasteiger partial charge in [0.1, 0.15) is 11.3 Å². The molecule has 0 spiro atoms. The Morgan fingerprint density at radius 1 is 1.09 bits per heavy atom. The molecule has 33 heavy (non-hydrogen) atoms. The lowest BCUT2D eigenvalue weighted by molar-refractivity contribution is -0.120. The van der Waals surface area contributed by atoms with E-state index in [9.17, 15) is 9.59 Å². The van der Waals surface area contributed by atoms with Crippen molar-refractivity contribution in [3.63, 3.8) is 0 Å². The minimum atomic E-state index is -0.0808. The Morgan fingerprint density at radius 3 is 2.61 bits per heavy atom. The second kappa shape index (κ2) is 8.58. The van der Waals surface area contributed by atoms with Gasteiger partial charge in [0.2, 0.25) is 5.91 Å². The standard InChI is InChI=1S/C26H27N5O2/c1-17-8-9-22(28-23(17)21-16-30(2)26(33)24-20(21)10-13-27-24)29-25(32)18-11-14-31(15-12-18)19-6-4-3-5-7-19/h3-10,13,16,18,27H,11-12,14-15H2,1-2H3,(H,28,29,32). The van der Waals surface area contributed by atoms with Crippen LogP contribution in [0, 0.1) is 12.8 Å². The van der Waals surface area contributed by atoms with Crippen molar-refractivity contribution < 1.29 is 4.79 Å². The van der Waals surface area contributed by atoms with Crippen molar-refractivity contribution in [1.82, 2.24) is 14.5 Å². The third-order valence-corrected chi connectivity index (χ3v) is 6.48. The topological polar surface area (TPSA) is 83.0 Å². The molecule has 2 N–H and O–H groups in total. The number of hydrogen-bond donors (Lipinski definition) is 2. The number of aryl methyl sites for hydroxylation is 2. The predicted molar refractivity (Wildman–Crippen MR) is 132 cm³/mol. The summed E-state index contributed by atoms with van der Waals surface area (Å²) in [5.41, 5.74) is 4.27. The van der Waals surface area contributed by atoms with E-state index in [1.165, 1.54) is 5.69 Å². The second-order valence-corrected chi connectivity index (χ2v) is 8.67. The van der Waals surface area contributed by atoms with Gasteiger partial charge in [-0.15, -0.1) is 0 Å². The van der Waals surface area contributed by atoms with Crippen LogP contribution in [0.5, 0.6) is 0 Å². The summed E-state index contributed by atoms with van der Waals surface area (Å²) >= 11 is 0. The fourth-order valence-corrected chi connectivity index (χ4v) is 4.60. The molecule has 0 bridgehead atoms. The minimum Gasteiger partial charge on any atom is -0.371 e. The first-order valence-electron chi connectivity index (χ1n) is 11.3. The summed E-state index contributed by atoms with van der Waals surface area (Å²) in [7, 11) is 1.73. The summed E-state index contributed by atoms with van der Waals surface area (Å²) in [6.07, 6.45) is 5.19. The van der Waals surface area contributed by atoms with Gasteiger partial charge in [0.05, 0.1) is 5.69 Å². The number of aromatic nitrogens is 3. The average Bonchev–Trinajstić information content (AvgIpc) is 3.34. The van der Waals surface area contributed by atoms with Gasteiger partial charge in [-0.2, -0.15) is 0 Å². The molecule has 0 unspecified atom stereocenters. The van der Waals surface area contributed by atoms with Crippen LogP contribution in [0.3, 0.4) is 0 Å². The lowest BCUT2D eigenvalue weighted by Crippen LogP contribution is -2.38. The molecular formula is C26H27N5O2. The number of amides is 1. The SMILES string of the molecule is Cc1ccc(NC(=O)C2CCN(c3ccccc3)CC2)nc1-c1cn(C)c(=O)c2[nH]ccc12. The number of benzene rings is 1. The number of hydrogen-bond acceptors (Lipinski definition) is 4. The number of fused-ring (bicyclic) bond motifs is 1. The number of nitrogens with zero attached hydrogens (tertiary/aromatic N) is 3. The maximum atomic E-state index is 13.0. The summed E-state index contributed by atoms with van der Waals surface area (Å²) in [5, 5.41) is 3.85.